The molecule has 1 aliphatic rings. The summed E-state index contributed by atoms with van der Waals surface area (Å²) in [6.07, 6.45) is 9.20. The molecular weight excluding hydrogens is 148 g/mol. The van der Waals surface area contributed by atoms with Gasteiger partial charge in [-0.05, 0) is 18.6 Å². The molecule has 1 heterocycles. The molecule has 0 aromatic carbocycles. The summed E-state index contributed by atoms with van der Waals surface area (Å²) in [7, 11) is 1.83. The molecule has 0 radical (unpaired) electrons. The highest BCUT2D eigenvalue weighted by atomic mass is 15.5. The van der Waals surface area contributed by atoms with Crippen molar-refractivity contribution >= 4 is 0 Å². The van der Waals surface area contributed by atoms with Crippen LogP contribution in [0.25, 0.3) is 0 Å². The van der Waals surface area contributed by atoms with Crippen molar-refractivity contribution in [3.8, 4) is 12.3 Å². The molecule has 0 aromatic heterocycles. The molecule has 62 valence electrons. The number of nitrogens with zero attached hydrogens (tertiary/aromatic N) is 1. The maximum absolute atomic E-state index is 5.31. The molecule has 2 heteroatoms. The van der Waals surface area contributed by atoms with Gasteiger partial charge in [0.2, 0.25) is 0 Å². The van der Waals surface area contributed by atoms with E-state index in [1.54, 1.807) is 0 Å². The molecule has 0 aliphatic carbocycles. The van der Waals surface area contributed by atoms with Gasteiger partial charge in [0.1, 0.15) is 0 Å². The molecule has 0 saturated heterocycles. The number of nitrogens with one attached hydrogen (secondary N) is 1. The minimum Gasteiger partial charge on any atom is -0.284 e. The van der Waals surface area contributed by atoms with Crippen molar-refractivity contribution in [2.24, 2.45) is 0 Å². The van der Waals surface area contributed by atoms with Crippen LogP contribution >= 0.6 is 0 Å². The summed E-state index contributed by atoms with van der Waals surface area (Å²) < 4.78 is 0. The lowest BCUT2D eigenvalue weighted by atomic mass is 10.1. The molecule has 1 rings (SSSR count). The lowest BCUT2D eigenvalue weighted by Gasteiger charge is -2.25. The predicted molar refractivity (Wildman–Crippen MR) is 50.7 cm³/mol. The van der Waals surface area contributed by atoms with Crippen molar-refractivity contribution in [2.75, 3.05) is 7.05 Å². The lowest BCUT2D eigenvalue weighted by molar-refractivity contribution is 0.379. The summed E-state index contributed by atoms with van der Waals surface area (Å²) in [6, 6.07) is 0. The van der Waals surface area contributed by atoms with Gasteiger partial charge in [0.15, 0.2) is 0 Å². The lowest BCUT2D eigenvalue weighted by Crippen LogP contribution is -2.31. The Morgan fingerprint density at radius 1 is 1.67 bits per heavy atom. The Hall–Kier alpha value is -1.46. The van der Waals surface area contributed by atoms with Crippen LogP contribution < -0.4 is 5.43 Å². The fraction of sp³-hybridized carbons (Fsp3) is 0.200. The van der Waals surface area contributed by atoms with Crippen LogP contribution in [-0.4, -0.2) is 12.1 Å². The Bertz CT molecular complexity index is 302. The molecule has 0 amide bonds. The zero-order chi connectivity index (χ0) is 9.14. The second-order valence-electron chi connectivity index (χ2n) is 2.62. The van der Waals surface area contributed by atoms with Crippen molar-refractivity contribution < 1.29 is 0 Å². The van der Waals surface area contributed by atoms with Crippen LogP contribution in [0.3, 0.4) is 0 Å². The van der Waals surface area contributed by atoms with Crippen molar-refractivity contribution in [2.45, 2.75) is 6.92 Å². The van der Waals surface area contributed by atoms with Gasteiger partial charge < -0.3 is 0 Å². The van der Waals surface area contributed by atoms with E-state index in [1.165, 1.54) is 0 Å². The highest BCUT2D eigenvalue weighted by molar-refractivity contribution is 5.49. The quantitative estimate of drug-likeness (QED) is 0.583. The highest BCUT2D eigenvalue weighted by Gasteiger charge is 2.11. The van der Waals surface area contributed by atoms with Crippen molar-refractivity contribution in [3.63, 3.8) is 0 Å². The third-order valence-corrected chi connectivity index (χ3v) is 1.70. The number of hydrazine groups is 1. The van der Waals surface area contributed by atoms with Gasteiger partial charge in [0, 0.05) is 18.8 Å². The van der Waals surface area contributed by atoms with E-state index in [1.807, 2.05) is 31.3 Å². The molecule has 0 fully saturated rings. The van der Waals surface area contributed by atoms with Crippen LogP contribution in [0.4, 0.5) is 0 Å². The van der Waals surface area contributed by atoms with Gasteiger partial charge in [-0.2, -0.15) is 0 Å². The SMILES string of the molecule is C#CC1=CC(C)=CN(NC)C1=C. The third kappa shape index (κ3) is 1.41. The average Bonchev–Trinajstić information content (AvgIpc) is 2.08. The van der Waals surface area contributed by atoms with Gasteiger partial charge in [-0.15, -0.1) is 6.42 Å². The van der Waals surface area contributed by atoms with E-state index in [2.05, 4.69) is 17.9 Å². The van der Waals surface area contributed by atoms with Gasteiger partial charge in [-0.25, -0.2) is 5.43 Å². The van der Waals surface area contributed by atoms with Gasteiger partial charge in [-0.3, -0.25) is 5.01 Å². The number of rotatable bonds is 1. The van der Waals surface area contributed by atoms with E-state index in [-0.39, 0.29) is 0 Å². The van der Waals surface area contributed by atoms with Crippen LogP contribution in [0.1, 0.15) is 6.92 Å². The number of hydrogen-bond donors (Lipinski definition) is 1. The normalized spacial score (nSPS) is 16.8. The average molecular weight is 160 g/mol. The summed E-state index contributed by atoms with van der Waals surface area (Å²) in [6.45, 7) is 5.86. The van der Waals surface area contributed by atoms with Gasteiger partial charge >= 0.3 is 0 Å². The first-order chi connectivity index (χ1) is 5.69. The first-order valence-corrected chi connectivity index (χ1v) is 3.71. The van der Waals surface area contributed by atoms with E-state index in [0.717, 1.165) is 16.8 Å². The minimum atomic E-state index is 0.811. The Balaban J connectivity index is 3.01. The smallest absolute Gasteiger partial charge is 0.0655 e. The van der Waals surface area contributed by atoms with Crippen LogP contribution in [0.2, 0.25) is 0 Å². The molecule has 0 aromatic rings. The zero-order valence-electron chi connectivity index (χ0n) is 7.39. The molecule has 0 saturated carbocycles. The molecular formula is C10H12N2. The number of allylic oxidation sites excluding steroid dienone is 3. The van der Waals surface area contributed by atoms with Crippen LogP contribution in [-0.2, 0) is 0 Å². The molecule has 1 N–H and O–H groups in total. The number of terminal acetylenes is 1. The zero-order valence-corrected chi connectivity index (χ0v) is 7.39. The molecule has 0 atom stereocenters. The summed E-state index contributed by atoms with van der Waals surface area (Å²) in [5, 5.41) is 1.81. The molecule has 1 aliphatic heterocycles. The molecule has 0 bridgehead atoms. The highest BCUT2D eigenvalue weighted by Crippen LogP contribution is 2.19. The monoisotopic (exact) mass is 160 g/mol. The van der Waals surface area contributed by atoms with E-state index >= 15 is 0 Å². The van der Waals surface area contributed by atoms with E-state index in [0.29, 0.717) is 0 Å². The van der Waals surface area contributed by atoms with Gasteiger partial charge in [0.25, 0.3) is 0 Å². The second-order valence-corrected chi connectivity index (χ2v) is 2.62. The topological polar surface area (TPSA) is 15.3 Å². The third-order valence-electron chi connectivity index (χ3n) is 1.70. The van der Waals surface area contributed by atoms with Gasteiger partial charge in [-0.1, -0.05) is 12.5 Å². The maximum atomic E-state index is 5.31. The van der Waals surface area contributed by atoms with E-state index in [4.69, 9.17) is 6.42 Å². The second kappa shape index (κ2) is 3.29. The molecule has 0 unspecified atom stereocenters. The van der Waals surface area contributed by atoms with Crippen LogP contribution in [0.15, 0.2) is 35.7 Å². The fourth-order valence-electron chi connectivity index (χ4n) is 1.08. The fourth-order valence-corrected chi connectivity index (χ4v) is 1.08. The summed E-state index contributed by atoms with van der Waals surface area (Å²) >= 11 is 0. The Morgan fingerprint density at radius 2 is 2.33 bits per heavy atom. The number of hydrogen-bond acceptors (Lipinski definition) is 2. The van der Waals surface area contributed by atoms with Crippen molar-refractivity contribution in [1.29, 1.82) is 0 Å². The van der Waals surface area contributed by atoms with Crippen molar-refractivity contribution in [3.05, 3.63) is 35.7 Å². The molecule has 0 spiro atoms. The van der Waals surface area contributed by atoms with Gasteiger partial charge in [0.05, 0.1) is 5.70 Å². The Morgan fingerprint density at radius 3 is 2.83 bits per heavy atom. The first kappa shape index (κ1) is 8.63. The maximum Gasteiger partial charge on any atom is 0.0655 e. The Kier molecular flexibility index (Phi) is 2.37. The van der Waals surface area contributed by atoms with E-state index in [9.17, 15) is 0 Å². The molecule has 2 nitrogen and oxygen atoms in total. The summed E-state index contributed by atoms with van der Waals surface area (Å²) in [5.74, 6) is 2.59. The molecule has 12 heavy (non-hydrogen) atoms. The summed E-state index contributed by atoms with van der Waals surface area (Å²) in [4.78, 5) is 0. The minimum absolute atomic E-state index is 0.811. The predicted octanol–water partition coefficient (Wildman–Crippen LogP) is 1.41. The summed E-state index contributed by atoms with van der Waals surface area (Å²) in [5.41, 5.74) is 5.72. The first-order valence-electron chi connectivity index (χ1n) is 3.71. The largest absolute Gasteiger partial charge is 0.284 e. The van der Waals surface area contributed by atoms with E-state index < -0.39 is 0 Å². The van der Waals surface area contributed by atoms with Crippen LogP contribution in [0.5, 0.6) is 0 Å². The standard InChI is InChI=1S/C10H12N2/c1-5-10-6-8(2)7-12(11-4)9(10)3/h1,6-7,11H,3H2,2,4H3. The van der Waals surface area contributed by atoms with Crippen molar-refractivity contribution in [1.82, 2.24) is 10.4 Å². The Labute approximate surface area is 73.2 Å². The van der Waals surface area contributed by atoms with Crippen LogP contribution in [0, 0.1) is 12.3 Å².